The van der Waals surface area contributed by atoms with E-state index >= 15 is 0 Å². The highest BCUT2D eigenvalue weighted by Crippen LogP contribution is 2.65. The predicted octanol–water partition coefficient (Wildman–Crippen LogP) is 3.40. The number of allylic oxidation sites excluding steroid dienone is 1. The van der Waals surface area contributed by atoms with Crippen LogP contribution in [-0.2, 0) is 9.22 Å². The number of hydrogen-bond acceptors (Lipinski definition) is 2. The van der Waals surface area contributed by atoms with E-state index in [1.54, 1.807) is 0 Å². The summed E-state index contributed by atoms with van der Waals surface area (Å²) in [4.78, 5) is 12.6. The van der Waals surface area contributed by atoms with Crippen molar-refractivity contribution in [2.45, 2.75) is 52.4 Å². The minimum Gasteiger partial charge on any atom is -0.407 e. The van der Waals surface area contributed by atoms with E-state index in [1.807, 2.05) is 6.08 Å². The van der Waals surface area contributed by atoms with E-state index < -0.39 is 8.32 Å². The maximum Gasteiger partial charge on any atom is 0.184 e. The van der Waals surface area contributed by atoms with Gasteiger partial charge in [0.2, 0.25) is 0 Å². The summed E-state index contributed by atoms with van der Waals surface area (Å²) in [5.74, 6) is 0.663. The molecule has 2 bridgehead atoms. The molecule has 0 saturated heterocycles. The van der Waals surface area contributed by atoms with Gasteiger partial charge in [-0.2, -0.15) is 0 Å². The number of ketones is 1. The molecule has 2 nitrogen and oxygen atoms in total. The SMILES string of the molecule is C=C[C@@]12CC[C@@H]([C@H](O[Si](C)(C)C)C1=O)C2(C)C. The monoisotopic (exact) mass is 252 g/mol. The van der Waals surface area contributed by atoms with Crippen LogP contribution in [0.15, 0.2) is 12.7 Å². The highest BCUT2D eigenvalue weighted by molar-refractivity contribution is 6.69. The van der Waals surface area contributed by atoms with Gasteiger partial charge in [0.05, 0.1) is 5.41 Å². The molecule has 0 spiro atoms. The lowest BCUT2D eigenvalue weighted by Gasteiger charge is -2.32. The molecule has 2 aliphatic rings. The van der Waals surface area contributed by atoms with E-state index in [1.165, 1.54) is 0 Å². The molecule has 3 heteroatoms. The van der Waals surface area contributed by atoms with Gasteiger partial charge in [0.1, 0.15) is 6.10 Å². The zero-order valence-corrected chi connectivity index (χ0v) is 12.7. The van der Waals surface area contributed by atoms with Gasteiger partial charge < -0.3 is 4.43 Å². The molecule has 0 amide bonds. The number of carbonyl (C=O) groups is 1. The highest BCUT2D eigenvalue weighted by atomic mass is 28.4. The van der Waals surface area contributed by atoms with Crippen molar-refractivity contribution in [3.05, 3.63) is 12.7 Å². The van der Waals surface area contributed by atoms with E-state index in [-0.39, 0.29) is 22.7 Å². The van der Waals surface area contributed by atoms with Crippen LogP contribution in [0, 0.1) is 16.7 Å². The smallest absolute Gasteiger partial charge is 0.184 e. The second-order valence-corrected chi connectivity index (χ2v) is 11.5. The van der Waals surface area contributed by atoms with Gasteiger partial charge in [-0.1, -0.05) is 19.9 Å². The van der Waals surface area contributed by atoms with Crippen molar-refractivity contribution in [3.8, 4) is 0 Å². The Hall–Kier alpha value is -0.413. The van der Waals surface area contributed by atoms with Gasteiger partial charge in [-0.05, 0) is 43.8 Å². The first-order valence-electron chi connectivity index (χ1n) is 6.51. The van der Waals surface area contributed by atoms with Crippen LogP contribution in [-0.4, -0.2) is 20.2 Å². The Morgan fingerprint density at radius 1 is 1.41 bits per heavy atom. The van der Waals surface area contributed by atoms with Crippen molar-refractivity contribution in [2.24, 2.45) is 16.7 Å². The Morgan fingerprint density at radius 3 is 2.41 bits per heavy atom. The fourth-order valence-corrected chi connectivity index (χ4v) is 4.82. The zero-order chi connectivity index (χ0) is 13.1. The van der Waals surface area contributed by atoms with Crippen LogP contribution in [0.5, 0.6) is 0 Å². The molecule has 0 radical (unpaired) electrons. The van der Waals surface area contributed by atoms with Gasteiger partial charge in [-0.25, -0.2) is 0 Å². The Kier molecular flexibility index (Phi) is 2.72. The van der Waals surface area contributed by atoms with Gasteiger partial charge in [-0.3, -0.25) is 4.79 Å². The molecule has 3 atom stereocenters. The van der Waals surface area contributed by atoms with Crippen molar-refractivity contribution >= 4 is 14.1 Å². The predicted molar refractivity (Wildman–Crippen MR) is 72.4 cm³/mol. The number of hydrogen-bond donors (Lipinski definition) is 0. The van der Waals surface area contributed by atoms with E-state index in [4.69, 9.17) is 4.43 Å². The standard InChI is InChI=1S/C14H24O2Si/c1-7-14-9-8-10(13(14,2)3)11(12(14)15)16-17(4,5)6/h7,10-11H,1,8-9H2,2-6H3/t10-,11-,14+/m0/s1. The summed E-state index contributed by atoms with van der Waals surface area (Å²) in [5.41, 5.74) is -0.321. The quantitative estimate of drug-likeness (QED) is 0.568. The molecule has 0 N–H and O–H groups in total. The Labute approximate surface area is 106 Å². The number of Topliss-reactive ketones (excluding diaryl/α,β-unsaturated/α-hetero) is 1. The third kappa shape index (κ3) is 1.59. The lowest BCUT2D eigenvalue weighted by molar-refractivity contribution is -0.133. The molecule has 17 heavy (non-hydrogen) atoms. The van der Waals surface area contributed by atoms with Crippen LogP contribution in [0.3, 0.4) is 0 Å². The average molecular weight is 252 g/mol. The Bertz CT molecular complexity index is 367. The number of fused-ring (bicyclic) bond motifs is 2. The van der Waals surface area contributed by atoms with Crippen molar-refractivity contribution in [1.82, 2.24) is 0 Å². The second-order valence-electron chi connectivity index (χ2n) is 7.06. The molecule has 2 rings (SSSR count). The minimum absolute atomic E-state index is 0.0101. The summed E-state index contributed by atoms with van der Waals surface area (Å²) in [7, 11) is -1.66. The second kappa shape index (κ2) is 3.54. The minimum atomic E-state index is -1.66. The molecule has 0 heterocycles. The van der Waals surface area contributed by atoms with Crippen molar-refractivity contribution in [1.29, 1.82) is 0 Å². The fraction of sp³-hybridized carbons (Fsp3) is 0.786. The molecule has 2 fully saturated rings. The van der Waals surface area contributed by atoms with Crippen LogP contribution >= 0.6 is 0 Å². The summed E-state index contributed by atoms with van der Waals surface area (Å²) < 4.78 is 6.15. The largest absolute Gasteiger partial charge is 0.407 e. The van der Waals surface area contributed by atoms with Crippen LogP contribution in [0.25, 0.3) is 0 Å². The summed E-state index contributed by atoms with van der Waals surface area (Å²) in [6.07, 6.45) is 3.77. The summed E-state index contributed by atoms with van der Waals surface area (Å²) >= 11 is 0. The molecule has 2 aliphatic carbocycles. The molecule has 2 saturated carbocycles. The van der Waals surface area contributed by atoms with Gasteiger partial charge in [0.25, 0.3) is 0 Å². The van der Waals surface area contributed by atoms with Gasteiger partial charge in [0, 0.05) is 0 Å². The lowest BCUT2D eigenvalue weighted by atomic mass is 9.69. The van der Waals surface area contributed by atoms with Gasteiger partial charge >= 0.3 is 0 Å². The first-order valence-corrected chi connectivity index (χ1v) is 9.92. The normalized spacial score (nSPS) is 39.7. The van der Waals surface area contributed by atoms with Gasteiger partial charge in [0.15, 0.2) is 14.1 Å². The molecular weight excluding hydrogens is 228 g/mol. The van der Waals surface area contributed by atoms with E-state index in [0.717, 1.165) is 12.8 Å². The molecule has 0 unspecified atom stereocenters. The maximum atomic E-state index is 12.6. The first kappa shape index (κ1) is 13.0. The highest BCUT2D eigenvalue weighted by Gasteiger charge is 2.68. The summed E-state index contributed by atoms with van der Waals surface area (Å²) in [5, 5.41) is 0. The van der Waals surface area contributed by atoms with Crippen molar-refractivity contribution < 1.29 is 9.22 Å². The fourth-order valence-electron chi connectivity index (χ4n) is 3.79. The zero-order valence-electron chi connectivity index (χ0n) is 11.7. The molecule has 0 aromatic heterocycles. The molecule has 96 valence electrons. The van der Waals surface area contributed by atoms with E-state index in [0.29, 0.717) is 5.92 Å². The van der Waals surface area contributed by atoms with Crippen LogP contribution in [0.2, 0.25) is 19.6 Å². The average Bonchev–Trinajstić information content (AvgIpc) is 2.51. The topological polar surface area (TPSA) is 26.3 Å². The molecule has 0 aromatic rings. The molecule has 0 aliphatic heterocycles. The third-order valence-electron chi connectivity index (χ3n) is 4.82. The molecule has 0 aromatic carbocycles. The third-order valence-corrected chi connectivity index (χ3v) is 5.78. The molecular formula is C14H24O2Si. The van der Waals surface area contributed by atoms with E-state index in [2.05, 4.69) is 40.1 Å². The van der Waals surface area contributed by atoms with E-state index in [9.17, 15) is 4.79 Å². The van der Waals surface area contributed by atoms with Crippen molar-refractivity contribution in [2.75, 3.05) is 0 Å². The summed E-state index contributed by atoms with van der Waals surface area (Å²) in [6.45, 7) is 14.8. The number of carbonyl (C=O) groups excluding carboxylic acids is 1. The Balaban J connectivity index is 2.37. The first-order chi connectivity index (χ1) is 7.66. The lowest BCUT2D eigenvalue weighted by Crippen LogP contribution is -2.42. The van der Waals surface area contributed by atoms with Crippen molar-refractivity contribution in [3.63, 3.8) is 0 Å². The summed E-state index contributed by atoms with van der Waals surface area (Å²) in [6, 6.07) is 0. The van der Waals surface area contributed by atoms with Crippen LogP contribution < -0.4 is 0 Å². The van der Waals surface area contributed by atoms with Gasteiger partial charge in [-0.15, -0.1) is 6.58 Å². The van der Waals surface area contributed by atoms with Crippen LogP contribution in [0.4, 0.5) is 0 Å². The maximum absolute atomic E-state index is 12.6. The van der Waals surface area contributed by atoms with Crippen LogP contribution in [0.1, 0.15) is 26.7 Å². The number of rotatable bonds is 3. The Morgan fingerprint density at radius 2 is 2.00 bits per heavy atom.